The summed E-state index contributed by atoms with van der Waals surface area (Å²) in [4.78, 5) is 4.20. The van der Waals surface area contributed by atoms with E-state index in [1.807, 2.05) is 6.07 Å². The van der Waals surface area contributed by atoms with Crippen molar-refractivity contribution in [2.24, 2.45) is 0 Å². The largest absolute Gasteiger partial charge is 0.396 e. The summed E-state index contributed by atoms with van der Waals surface area (Å²) >= 11 is 0. The summed E-state index contributed by atoms with van der Waals surface area (Å²) in [5.41, 5.74) is 14.4. The molecule has 0 aromatic carbocycles. The topological polar surface area (TPSA) is 113 Å². The summed E-state index contributed by atoms with van der Waals surface area (Å²) < 4.78 is 0. The molecular weight excluding hydrogens is 286 g/mol. The van der Waals surface area contributed by atoms with Gasteiger partial charge in [0.1, 0.15) is 23.5 Å². The molecule has 5 nitrogen and oxygen atoms in total. The van der Waals surface area contributed by atoms with E-state index in [2.05, 4.69) is 17.1 Å². The molecule has 1 aromatic heterocycles. The number of pyridine rings is 1. The molecule has 1 aromatic rings. The molecule has 1 fully saturated rings. The molecular formula is C18H23N5. The van der Waals surface area contributed by atoms with Crippen molar-refractivity contribution in [2.45, 2.75) is 57.8 Å². The summed E-state index contributed by atoms with van der Waals surface area (Å²) in [6.45, 7) is 0. The first-order valence-corrected chi connectivity index (χ1v) is 8.23. The minimum atomic E-state index is 0.104. The van der Waals surface area contributed by atoms with Crippen LogP contribution in [0.4, 0.5) is 11.5 Å². The van der Waals surface area contributed by atoms with Gasteiger partial charge in [0.05, 0.1) is 16.9 Å². The fraction of sp³-hybridized carbons (Fsp3) is 0.500. The first-order valence-electron chi connectivity index (χ1n) is 8.23. The lowest BCUT2D eigenvalue weighted by Gasteiger charge is -2.13. The Kier molecular flexibility index (Phi) is 6.00. The van der Waals surface area contributed by atoms with E-state index in [9.17, 15) is 5.26 Å². The maximum atomic E-state index is 9.25. The number of nitrogen functional groups attached to an aromatic ring is 2. The summed E-state index contributed by atoms with van der Waals surface area (Å²) in [5, 5.41) is 18.3. The highest BCUT2D eigenvalue weighted by molar-refractivity contribution is 5.71. The molecule has 5 heteroatoms. The summed E-state index contributed by atoms with van der Waals surface area (Å²) in [5.74, 6) is 0.114. The van der Waals surface area contributed by atoms with Crippen molar-refractivity contribution >= 4 is 11.5 Å². The minimum Gasteiger partial charge on any atom is -0.396 e. The third-order valence-corrected chi connectivity index (χ3v) is 4.36. The number of unbranched alkanes of at least 4 members (excludes halogenated alkanes) is 2. The van der Waals surface area contributed by atoms with E-state index in [1.165, 1.54) is 32.1 Å². The molecule has 0 saturated heterocycles. The molecule has 23 heavy (non-hydrogen) atoms. The number of allylic oxidation sites excluding steroid dienone is 2. The number of hydrogen-bond acceptors (Lipinski definition) is 5. The predicted octanol–water partition coefficient (Wildman–Crippen LogP) is 3.59. The SMILES string of the molecule is N#Cc1c(N)nc(CCCCC=C2CCCCC2)c(C#N)c1N. The van der Waals surface area contributed by atoms with Crippen LogP contribution >= 0.6 is 0 Å². The smallest absolute Gasteiger partial charge is 0.143 e. The van der Waals surface area contributed by atoms with Gasteiger partial charge in [0.15, 0.2) is 0 Å². The van der Waals surface area contributed by atoms with Gasteiger partial charge in [-0.25, -0.2) is 4.98 Å². The number of anilines is 2. The van der Waals surface area contributed by atoms with Crippen molar-refractivity contribution in [3.8, 4) is 12.1 Å². The Hall–Kier alpha value is -2.53. The zero-order valence-electron chi connectivity index (χ0n) is 13.4. The zero-order valence-corrected chi connectivity index (χ0v) is 13.4. The normalized spacial score (nSPS) is 14.1. The van der Waals surface area contributed by atoms with E-state index in [1.54, 1.807) is 5.57 Å². The van der Waals surface area contributed by atoms with Gasteiger partial charge in [-0.15, -0.1) is 0 Å². The highest BCUT2D eigenvalue weighted by atomic mass is 14.9. The lowest BCUT2D eigenvalue weighted by atomic mass is 9.93. The number of nitrogens with zero attached hydrogens (tertiary/aromatic N) is 3. The molecule has 0 spiro atoms. The van der Waals surface area contributed by atoms with Crippen LogP contribution in [-0.2, 0) is 6.42 Å². The highest BCUT2D eigenvalue weighted by Crippen LogP contribution is 2.26. The Morgan fingerprint density at radius 2 is 1.70 bits per heavy atom. The number of nitriles is 2. The van der Waals surface area contributed by atoms with Gasteiger partial charge in [-0.1, -0.05) is 18.1 Å². The molecule has 0 aliphatic heterocycles. The molecule has 120 valence electrons. The van der Waals surface area contributed by atoms with E-state index in [4.69, 9.17) is 16.7 Å². The van der Waals surface area contributed by atoms with Crippen molar-refractivity contribution in [1.29, 1.82) is 10.5 Å². The summed E-state index contributed by atoms with van der Waals surface area (Å²) in [7, 11) is 0. The predicted molar refractivity (Wildman–Crippen MR) is 91.2 cm³/mol. The van der Waals surface area contributed by atoms with Crippen LogP contribution in [0.2, 0.25) is 0 Å². The van der Waals surface area contributed by atoms with Gasteiger partial charge in [0.25, 0.3) is 0 Å². The van der Waals surface area contributed by atoms with Crippen LogP contribution in [-0.4, -0.2) is 4.98 Å². The van der Waals surface area contributed by atoms with Crippen molar-refractivity contribution in [3.63, 3.8) is 0 Å². The van der Waals surface area contributed by atoms with Gasteiger partial charge in [-0.05, 0) is 51.4 Å². The number of hydrogen-bond donors (Lipinski definition) is 2. The fourth-order valence-electron chi connectivity index (χ4n) is 3.05. The van der Waals surface area contributed by atoms with Gasteiger partial charge >= 0.3 is 0 Å². The summed E-state index contributed by atoms with van der Waals surface area (Å²) in [6, 6.07) is 3.96. The summed E-state index contributed by atoms with van der Waals surface area (Å²) in [6.07, 6.45) is 12.6. The quantitative estimate of drug-likeness (QED) is 0.637. The van der Waals surface area contributed by atoms with Gasteiger partial charge in [-0.3, -0.25) is 0 Å². The van der Waals surface area contributed by atoms with Crippen LogP contribution in [0.1, 0.15) is 68.2 Å². The molecule has 1 heterocycles. The van der Waals surface area contributed by atoms with Crippen LogP contribution in [0.25, 0.3) is 0 Å². The van der Waals surface area contributed by atoms with E-state index in [0.717, 1.165) is 19.3 Å². The van der Waals surface area contributed by atoms with Gasteiger partial charge in [0.2, 0.25) is 0 Å². The van der Waals surface area contributed by atoms with Crippen LogP contribution < -0.4 is 11.5 Å². The molecule has 0 unspecified atom stereocenters. The Balaban J connectivity index is 1.93. The maximum absolute atomic E-state index is 9.25. The van der Waals surface area contributed by atoms with E-state index < -0.39 is 0 Å². The van der Waals surface area contributed by atoms with Crippen molar-refractivity contribution in [3.05, 3.63) is 28.5 Å². The number of aryl methyl sites for hydroxylation is 1. The van der Waals surface area contributed by atoms with Gasteiger partial charge in [0, 0.05) is 0 Å². The third-order valence-electron chi connectivity index (χ3n) is 4.36. The molecule has 1 saturated carbocycles. The highest BCUT2D eigenvalue weighted by Gasteiger charge is 2.15. The van der Waals surface area contributed by atoms with Crippen molar-refractivity contribution in [2.75, 3.05) is 11.5 Å². The molecule has 0 atom stereocenters. The second-order valence-electron chi connectivity index (χ2n) is 6.00. The zero-order chi connectivity index (χ0) is 16.7. The van der Waals surface area contributed by atoms with E-state index in [-0.39, 0.29) is 17.1 Å². The molecule has 1 aliphatic carbocycles. The number of rotatable bonds is 5. The first kappa shape index (κ1) is 16.8. The van der Waals surface area contributed by atoms with E-state index >= 15 is 0 Å². The Morgan fingerprint density at radius 1 is 1.00 bits per heavy atom. The van der Waals surface area contributed by atoms with Crippen molar-refractivity contribution in [1.82, 2.24) is 4.98 Å². The Bertz CT molecular complexity index is 668. The second-order valence-corrected chi connectivity index (χ2v) is 6.00. The fourth-order valence-corrected chi connectivity index (χ4v) is 3.05. The molecule has 0 radical (unpaired) electrons. The van der Waals surface area contributed by atoms with Gasteiger partial charge in [-0.2, -0.15) is 10.5 Å². The average molecular weight is 309 g/mol. The lowest BCUT2D eigenvalue weighted by Crippen LogP contribution is -2.08. The van der Waals surface area contributed by atoms with Crippen LogP contribution in [0.3, 0.4) is 0 Å². The van der Waals surface area contributed by atoms with E-state index in [0.29, 0.717) is 17.7 Å². The third kappa shape index (κ3) is 4.23. The van der Waals surface area contributed by atoms with Crippen LogP contribution in [0.5, 0.6) is 0 Å². The van der Waals surface area contributed by atoms with Crippen molar-refractivity contribution < 1.29 is 0 Å². The van der Waals surface area contributed by atoms with Crippen LogP contribution in [0.15, 0.2) is 11.6 Å². The molecule has 0 bridgehead atoms. The lowest BCUT2D eigenvalue weighted by molar-refractivity contribution is 0.594. The van der Waals surface area contributed by atoms with Crippen LogP contribution in [0, 0.1) is 22.7 Å². The second kappa shape index (κ2) is 8.19. The Morgan fingerprint density at radius 3 is 2.35 bits per heavy atom. The monoisotopic (exact) mass is 309 g/mol. The minimum absolute atomic E-state index is 0.104. The number of aromatic nitrogens is 1. The molecule has 4 N–H and O–H groups in total. The standard InChI is InChI=1S/C18H23N5/c19-11-14-16(23-18(22)15(12-20)17(14)21)10-6-2-5-9-13-7-3-1-4-8-13/h9H,1-8,10H2,(H4,21,22,23). The molecule has 2 rings (SSSR count). The average Bonchev–Trinajstić information content (AvgIpc) is 2.56. The van der Waals surface area contributed by atoms with Gasteiger partial charge < -0.3 is 11.5 Å². The first-order chi connectivity index (χ1) is 11.2. The number of nitrogens with two attached hydrogens (primary N) is 2. The molecule has 1 aliphatic rings. The Labute approximate surface area is 137 Å². The molecule has 0 amide bonds. The maximum Gasteiger partial charge on any atom is 0.143 e.